The molecule has 1 saturated heterocycles. The molecule has 1 amide bonds. The van der Waals surface area contributed by atoms with E-state index in [1.807, 2.05) is 6.08 Å². The molecule has 1 aliphatic heterocycles. The zero-order valence-corrected chi connectivity index (χ0v) is 20.5. The van der Waals surface area contributed by atoms with Gasteiger partial charge in [0.2, 0.25) is 5.91 Å². The molecule has 0 radical (unpaired) electrons. The van der Waals surface area contributed by atoms with Crippen LogP contribution in [0.25, 0.3) is 17.2 Å². The summed E-state index contributed by atoms with van der Waals surface area (Å²) < 4.78 is 38.1. The molecule has 36 heavy (non-hydrogen) atoms. The van der Waals surface area contributed by atoms with Crippen LogP contribution in [0.15, 0.2) is 54.9 Å². The van der Waals surface area contributed by atoms with Crippen LogP contribution in [0.4, 0.5) is 19.0 Å². The number of hydrogen-bond acceptors (Lipinski definition) is 5. The van der Waals surface area contributed by atoms with Gasteiger partial charge in [0.05, 0.1) is 16.1 Å². The van der Waals surface area contributed by atoms with Crippen LogP contribution in [0.2, 0.25) is 10.2 Å². The second-order valence-corrected chi connectivity index (χ2v) is 9.02. The van der Waals surface area contributed by atoms with Gasteiger partial charge in [-0.05, 0) is 29.8 Å². The number of pyridine rings is 2. The molecule has 3 aromatic rings. The topological polar surface area (TPSA) is 75.3 Å². The van der Waals surface area contributed by atoms with Crippen molar-refractivity contribution < 1.29 is 18.0 Å². The number of aromatic nitrogens is 2. The number of benzene rings is 1. The first-order valence-electron chi connectivity index (χ1n) is 11.0. The number of carbonyl (C=O) groups is 1. The fourth-order valence-electron chi connectivity index (χ4n) is 4.03. The first-order valence-corrected chi connectivity index (χ1v) is 11.8. The van der Waals surface area contributed by atoms with Crippen molar-refractivity contribution >= 4 is 41.0 Å². The third kappa shape index (κ3) is 5.98. The van der Waals surface area contributed by atoms with Gasteiger partial charge in [0, 0.05) is 56.2 Å². The van der Waals surface area contributed by atoms with E-state index >= 15 is 0 Å². The number of anilines is 1. The Morgan fingerprint density at radius 1 is 1.06 bits per heavy atom. The van der Waals surface area contributed by atoms with E-state index in [2.05, 4.69) is 19.8 Å². The lowest BCUT2D eigenvalue weighted by Crippen LogP contribution is -2.46. The number of nitrogens with zero attached hydrogens (tertiary/aromatic N) is 4. The third-order valence-corrected chi connectivity index (χ3v) is 6.35. The number of halogens is 5. The van der Waals surface area contributed by atoms with Gasteiger partial charge in [-0.3, -0.25) is 9.69 Å². The average Bonchev–Trinajstić information content (AvgIpc) is 2.84. The molecule has 1 aliphatic rings. The Morgan fingerprint density at radius 2 is 1.75 bits per heavy atom. The molecule has 6 nitrogen and oxygen atoms in total. The lowest BCUT2D eigenvalue weighted by atomic mass is 10.0. The van der Waals surface area contributed by atoms with Crippen LogP contribution < -0.4 is 10.6 Å². The predicted molar refractivity (Wildman–Crippen MR) is 135 cm³/mol. The Morgan fingerprint density at radius 3 is 2.39 bits per heavy atom. The van der Waals surface area contributed by atoms with E-state index in [9.17, 15) is 18.0 Å². The normalized spacial score (nSPS) is 15.0. The molecule has 0 unspecified atom stereocenters. The first kappa shape index (κ1) is 25.9. The van der Waals surface area contributed by atoms with Gasteiger partial charge in [-0.25, -0.2) is 9.97 Å². The number of carbonyl (C=O) groups excluding carboxylic acids is 1. The number of amides is 1. The molecule has 4 rings (SSSR count). The van der Waals surface area contributed by atoms with E-state index in [1.165, 1.54) is 30.6 Å². The zero-order chi connectivity index (χ0) is 25.9. The Kier molecular flexibility index (Phi) is 7.82. The SMILES string of the molecule is NC(=O)c1ccnc(Cl)c1-c1cc(Cl)cnc1N1CCN(C/C=C/c2ccc(C(F)(F)F)cc2)CC1. The molecular weight excluding hydrogens is 514 g/mol. The number of rotatable bonds is 6. The van der Waals surface area contributed by atoms with E-state index in [-0.39, 0.29) is 10.7 Å². The quantitative estimate of drug-likeness (QED) is 0.427. The molecular formula is C25H22Cl2F3N5O. The summed E-state index contributed by atoms with van der Waals surface area (Å²) in [6, 6.07) is 8.26. The largest absolute Gasteiger partial charge is 0.416 e. The van der Waals surface area contributed by atoms with Gasteiger partial charge >= 0.3 is 6.18 Å². The van der Waals surface area contributed by atoms with Crippen molar-refractivity contribution in [3.05, 3.63) is 81.7 Å². The Bertz CT molecular complexity index is 1270. The van der Waals surface area contributed by atoms with Gasteiger partial charge in [0.25, 0.3) is 0 Å². The summed E-state index contributed by atoms with van der Waals surface area (Å²) in [5.41, 5.74) is 6.79. The highest BCUT2D eigenvalue weighted by atomic mass is 35.5. The molecule has 0 saturated carbocycles. The maximum absolute atomic E-state index is 12.7. The van der Waals surface area contributed by atoms with Crippen molar-refractivity contribution in [1.82, 2.24) is 14.9 Å². The summed E-state index contributed by atoms with van der Waals surface area (Å²) in [5.74, 6) is -0.0124. The maximum atomic E-state index is 12.7. The highest BCUT2D eigenvalue weighted by molar-refractivity contribution is 6.34. The third-order valence-electron chi connectivity index (χ3n) is 5.86. The van der Waals surface area contributed by atoms with E-state index in [4.69, 9.17) is 28.9 Å². The van der Waals surface area contributed by atoms with Crippen LogP contribution >= 0.6 is 23.2 Å². The number of hydrogen-bond donors (Lipinski definition) is 1. The second kappa shape index (κ2) is 10.9. The standard InChI is InChI=1S/C25H22Cl2F3N5O/c26-18-14-20(21-19(23(31)36)7-8-32-22(21)27)24(33-15-18)35-12-10-34(11-13-35)9-1-2-16-3-5-17(6-4-16)25(28,29)30/h1-8,14-15H,9-13H2,(H2,31,36)/b2-1+. The van der Waals surface area contributed by atoms with Crippen molar-refractivity contribution in [3.63, 3.8) is 0 Å². The summed E-state index contributed by atoms with van der Waals surface area (Å²) in [7, 11) is 0. The monoisotopic (exact) mass is 535 g/mol. The molecule has 188 valence electrons. The number of primary amides is 1. The van der Waals surface area contributed by atoms with Crippen LogP contribution in [0.5, 0.6) is 0 Å². The van der Waals surface area contributed by atoms with Gasteiger partial charge in [0.1, 0.15) is 11.0 Å². The maximum Gasteiger partial charge on any atom is 0.416 e. The van der Waals surface area contributed by atoms with Crippen molar-refractivity contribution in [1.29, 1.82) is 0 Å². The minimum Gasteiger partial charge on any atom is -0.366 e. The molecule has 11 heteroatoms. The highest BCUT2D eigenvalue weighted by Crippen LogP contribution is 2.37. The molecule has 0 aliphatic carbocycles. The van der Waals surface area contributed by atoms with Crippen molar-refractivity contribution in [3.8, 4) is 11.1 Å². The summed E-state index contributed by atoms with van der Waals surface area (Å²) in [4.78, 5) is 24.9. The van der Waals surface area contributed by atoms with E-state index in [0.29, 0.717) is 47.2 Å². The molecule has 2 N–H and O–H groups in total. The smallest absolute Gasteiger partial charge is 0.366 e. The van der Waals surface area contributed by atoms with E-state index in [0.717, 1.165) is 25.2 Å². The van der Waals surface area contributed by atoms with E-state index in [1.54, 1.807) is 12.1 Å². The molecule has 0 atom stereocenters. The Hall–Kier alpha value is -3.14. The Labute approximate surface area is 216 Å². The van der Waals surface area contributed by atoms with E-state index < -0.39 is 17.6 Å². The fourth-order valence-corrected chi connectivity index (χ4v) is 4.45. The number of nitrogens with two attached hydrogens (primary N) is 1. The lowest BCUT2D eigenvalue weighted by molar-refractivity contribution is -0.137. The molecule has 1 aromatic carbocycles. The minimum absolute atomic E-state index is 0.128. The van der Waals surface area contributed by atoms with Crippen molar-refractivity contribution in [2.45, 2.75) is 6.18 Å². The lowest BCUT2D eigenvalue weighted by Gasteiger charge is -2.36. The summed E-state index contributed by atoms with van der Waals surface area (Å²) in [6.07, 6.45) is 2.35. The van der Waals surface area contributed by atoms with Gasteiger partial charge < -0.3 is 10.6 Å². The van der Waals surface area contributed by atoms with Crippen LogP contribution in [0.3, 0.4) is 0 Å². The van der Waals surface area contributed by atoms with Gasteiger partial charge in [-0.1, -0.05) is 47.5 Å². The van der Waals surface area contributed by atoms with Gasteiger partial charge in [-0.2, -0.15) is 13.2 Å². The van der Waals surface area contributed by atoms with Crippen molar-refractivity contribution in [2.24, 2.45) is 5.73 Å². The zero-order valence-electron chi connectivity index (χ0n) is 19.0. The first-order chi connectivity index (χ1) is 17.1. The van der Waals surface area contributed by atoms with Crippen LogP contribution in [-0.2, 0) is 6.18 Å². The second-order valence-electron chi connectivity index (χ2n) is 8.22. The molecule has 0 spiro atoms. The van der Waals surface area contributed by atoms with Crippen LogP contribution in [0, 0.1) is 0 Å². The average molecular weight is 536 g/mol. The minimum atomic E-state index is -4.34. The van der Waals surface area contributed by atoms with Gasteiger partial charge in [-0.15, -0.1) is 0 Å². The number of piperazine rings is 1. The fraction of sp³-hybridized carbons (Fsp3) is 0.240. The predicted octanol–water partition coefficient (Wildman–Crippen LogP) is 5.40. The summed E-state index contributed by atoms with van der Waals surface area (Å²) >= 11 is 12.6. The molecule has 1 fully saturated rings. The van der Waals surface area contributed by atoms with Crippen LogP contribution in [-0.4, -0.2) is 53.5 Å². The molecule has 0 bridgehead atoms. The van der Waals surface area contributed by atoms with Crippen molar-refractivity contribution in [2.75, 3.05) is 37.6 Å². The van der Waals surface area contributed by atoms with Crippen LogP contribution in [0.1, 0.15) is 21.5 Å². The highest BCUT2D eigenvalue weighted by Gasteiger charge is 2.30. The molecule has 3 heterocycles. The summed E-state index contributed by atoms with van der Waals surface area (Å²) in [5, 5.41) is 0.514. The number of alkyl halides is 3. The summed E-state index contributed by atoms with van der Waals surface area (Å²) in [6.45, 7) is 3.41. The van der Waals surface area contributed by atoms with Gasteiger partial charge in [0.15, 0.2) is 0 Å². The Balaban J connectivity index is 1.45. The molecule has 2 aromatic heterocycles.